The third kappa shape index (κ3) is 1.80. The van der Waals surface area contributed by atoms with E-state index in [-0.39, 0.29) is 0 Å². The Balaban J connectivity index is 2.11. The molecule has 3 nitrogen and oxygen atoms in total. The molecule has 0 saturated heterocycles. The summed E-state index contributed by atoms with van der Waals surface area (Å²) < 4.78 is 0. The van der Waals surface area contributed by atoms with Gasteiger partial charge in [0.25, 0.3) is 0 Å². The first kappa shape index (κ1) is 11.3. The average Bonchev–Trinajstić information content (AvgIpc) is 2.83. The first-order chi connectivity index (χ1) is 8.77. The Hall–Kier alpha value is -1.78. The maximum Gasteiger partial charge on any atom is 0.490 e. The number of fused-ring (bicyclic) bond motifs is 1. The van der Waals surface area contributed by atoms with E-state index in [0.717, 1.165) is 24.3 Å². The summed E-state index contributed by atoms with van der Waals surface area (Å²) >= 11 is 0. The van der Waals surface area contributed by atoms with Crippen molar-refractivity contribution < 1.29 is 10.0 Å². The SMILES string of the molecule is OB(O)c1cccc2c1N(c1ccccc1)CC2. The molecule has 90 valence electrons. The molecule has 1 aliphatic heterocycles. The van der Waals surface area contributed by atoms with Gasteiger partial charge in [-0.1, -0.05) is 36.4 Å². The number of para-hydroxylation sites is 2. The van der Waals surface area contributed by atoms with Crippen LogP contribution in [0.5, 0.6) is 0 Å². The minimum Gasteiger partial charge on any atom is -0.423 e. The zero-order chi connectivity index (χ0) is 12.5. The highest BCUT2D eigenvalue weighted by atomic mass is 16.4. The Kier molecular flexibility index (Phi) is 2.82. The molecule has 4 heteroatoms. The van der Waals surface area contributed by atoms with Gasteiger partial charge in [0.1, 0.15) is 0 Å². The molecule has 3 rings (SSSR count). The maximum atomic E-state index is 9.48. The lowest BCUT2D eigenvalue weighted by atomic mass is 9.78. The third-order valence-electron chi connectivity index (χ3n) is 3.37. The number of nitrogens with zero attached hydrogens (tertiary/aromatic N) is 1. The van der Waals surface area contributed by atoms with Gasteiger partial charge in [0.15, 0.2) is 0 Å². The molecule has 2 aromatic rings. The number of hydrogen-bond donors (Lipinski definition) is 2. The summed E-state index contributed by atoms with van der Waals surface area (Å²) in [5, 5.41) is 19.0. The zero-order valence-corrected chi connectivity index (χ0v) is 9.95. The lowest BCUT2D eigenvalue weighted by Gasteiger charge is -2.22. The molecule has 0 fully saturated rings. The van der Waals surface area contributed by atoms with E-state index in [4.69, 9.17) is 0 Å². The van der Waals surface area contributed by atoms with Crippen molar-refractivity contribution in [2.24, 2.45) is 0 Å². The van der Waals surface area contributed by atoms with Crippen LogP contribution in [-0.2, 0) is 6.42 Å². The summed E-state index contributed by atoms with van der Waals surface area (Å²) in [7, 11) is -1.43. The van der Waals surface area contributed by atoms with Crippen LogP contribution in [0.2, 0.25) is 0 Å². The fourth-order valence-electron chi connectivity index (χ4n) is 2.56. The molecule has 0 unspecified atom stereocenters. The topological polar surface area (TPSA) is 43.7 Å². The van der Waals surface area contributed by atoms with Crippen molar-refractivity contribution >= 4 is 24.0 Å². The van der Waals surface area contributed by atoms with Crippen molar-refractivity contribution in [3.63, 3.8) is 0 Å². The molecule has 0 spiro atoms. The van der Waals surface area contributed by atoms with Crippen molar-refractivity contribution in [2.45, 2.75) is 6.42 Å². The Morgan fingerprint density at radius 2 is 1.72 bits per heavy atom. The second-order valence-electron chi connectivity index (χ2n) is 4.47. The lowest BCUT2D eigenvalue weighted by Crippen LogP contribution is -2.34. The quantitative estimate of drug-likeness (QED) is 0.770. The fourth-order valence-corrected chi connectivity index (χ4v) is 2.56. The second kappa shape index (κ2) is 4.48. The van der Waals surface area contributed by atoms with Gasteiger partial charge in [-0.05, 0) is 24.1 Å². The number of hydrogen-bond acceptors (Lipinski definition) is 3. The fraction of sp³-hybridized carbons (Fsp3) is 0.143. The highest BCUT2D eigenvalue weighted by Crippen LogP contribution is 2.32. The minimum atomic E-state index is -1.43. The van der Waals surface area contributed by atoms with Crippen LogP contribution in [0.25, 0.3) is 0 Å². The Bertz CT molecular complexity index is 557. The standard InChI is InChI=1S/C14H14BNO2/c17-15(18)13-8-4-5-11-9-10-16(14(11)13)12-6-2-1-3-7-12/h1-8,17-18H,9-10H2. The van der Waals surface area contributed by atoms with E-state index >= 15 is 0 Å². The zero-order valence-electron chi connectivity index (χ0n) is 9.95. The first-order valence-corrected chi connectivity index (χ1v) is 6.08. The van der Waals surface area contributed by atoms with Crippen LogP contribution in [0.15, 0.2) is 48.5 Å². The molecule has 0 amide bonds. The van der Waals surface area contributed by atoms with Crippen molar-refractivity contribution in [3.8, 4) is 0 Å². The molecule has 0 saturated carbocycles. The Morgan fingerprint density at radius 3 is 2.44 bits per heavy atom. The van der Waals surface area contributed by atoms with Crippen molar-refractivity contribution in [3.05, 3.63) is 54.1 Å². The van der Waals surface area contributed by atoms with Crippen LogP contribution in [0, 0.1) is 0 Å². The van der Waals surface area contributed by atoms with Crippen LogP contribution in [0.1, 0.15) is 5.56 Å². The normalized spacial score (nSPS) is 13.6. The van der Waals surface area contributed by atoms with Gasteiger partial charge >= 0.3 is 7.12 Å². The third-order valence-corrected chi connectivity index (χ3v) is 3.37. The van der Waals surface area contributed by atoms with E-state index in [1.165, 1.54) is 5.56 Å². The van der Waals surface area contributed by atoms with Crippen molar-refractivity contribution in [1.29, 1.82) is 0 Å². The second-order valence-corrected chi connectivity index (χ2v) is 4.47. The first-order valence-electron chi connectivity index (χ1n) is 6.08. The molecule has 2 N–H and O–H groups in total. The van der Waals surface area contributed by atoms with Crippen molar-refractivity contribution in [1.82, 2.24) is 0 Å². The maximum absolute atomic E-state index is 9.48. The molecular weight excluding hydrogens is 225 g/mol. The number of rotatable bonds is 2. The van der Waals surface area contributed by atoms with E-state index in [1.807, 2.05) is 42.5 Å². The molecule has 0 radical (unpaired) electrons. The number of benzene rings is 2. The molecule has 1 aliphatic rings. The van der Waals surface area contributed by atoms with Gasteiger partial charge in [-0.2, -0.15) is 0 Å². The Labute approximate surface area is 106 Å². The van der Waals surface area contributed by atoms with E-state index in [0.29, 0.717) is 5.46 Å². The molecule has 0 bridgehead atoms. The minimum absolute atomic E-state index is 0.578. The summed E-state index contributed by atoms with van der Waals surface area (Å²) in [6.45, 7) is 0.878. The van der Waals surface area contributed by atoms with Gasteiger partial charge in [-0.3, -0.25) is 0 Å². The van der Waals surface area contributed by atoms with Gasteiger partial charge in [-0.25, -0.2) is 0 Å². The van der Waals surface area contributed by atoms with E-state index in [2.05, 4.69) is 4.90 Å². The monoisotopic (exact) mass is 239 g/mol. The van der Waals surface area contributed by atoms with E-state index < -0.39 is 7.12 Å². The molecule has 0 atom stereocenters. The van der Waals surface area contributed by atoms with E-state index in [9.17, 15) is 10.0 Å². The van der Waals surface area contributed by atoms with Crippen LogP contribution in [0.4, 0.5) is 11.4 Å². The lowest BCUT2D eigenvalue weighted by molar-refractivity contribution is 0.426. The van der Waals surface area contributed by atoms with E-state index in [1.54, 1.807) is 6.07 Å². The predicted molar refractivity (Wildman–Crippen MR) is 73.4 cm³/mol. The molecule has 18 heavy (non-hydrogen) atoms. The summed E-state index contributed by atoms with van der Waals surface area (Å²) in [5.41, 5.74) is 3.78. The van der Waals surface area contributed by atoms with Crippen LogP contribution in [0.3, 0.4) is 0 Å². The van der Waals surface area contributed by atoms with Gasteiger partial charge in [0, 0.05) is 23.4 Å². The van der Waals surface area contributed by atoms with Gasteiger partial charge < -0.3 is 14.9 Å². The molecule has 1 heterocycles. The smallest absolute Gasteiger partial charge is 0.423 e. The van der Waals surface area contributed by atoms with Gasteiger partial charge in [0.05, 0.1) is 0 Å². The number of anilines is 2. The molecule has 0 aliphatic carbocycles. The van der Waals surface area contributed by atoms with Gasteiger partial charge in [-0.15, -0.1) is 0 Å². The van der Waals surface area contributed by atoms with Crippen LogP contribution >= 0.6 is 0 Å². The molecule has 0 aromatic heterocycles. The predicted octanol–water partition coefficient (Wildman–Crippen LogP) is 1.06. The summed E-state index contributed by atoms with van der Waals surface area (Å²) in [5.74, 6) is 0. The average molecular weight is 239 g/mol. The van der Waals surface area contributed by atoms with Crippen LogP contribution < -0.4 is 10.4 Å². The highest BCUT2D eigenvalue weighted by Gasteiger charge is 2.27. The Morgan fingerprint density at radius 1 is 0.944 bits per heavy atom. The van der Waals surface area contributed by atoms with Crippen molar-refractivity contribution in [2.75, 3.05) is 11.4 Å². The largest absolute Gasteiger partial charge is 0.490 e. The molecular formula is C14H14BNO2. The highest BCUT2D eigenvalue weighted by molar-refractivity contribution is 6.60. The summed E-state index contributed by atoms with van der Waals surface area (Å²) in [6, 6.07) is 15.7. The summed E-state index contributed by atoms with van der Waals surface area (Å²) in [6.07, 6.45) is 0.935. The van der Waals surface area contributed by atoms with Crippen LogP contribution in [-0.4, -0.2) is 23.7 Å². The van der Waals surface area contributed by atoms with Gasteiger partial charge in [0.2, 0.25) is 0 Å². The molecule has 2 aromatic carbocycles. The summed E-state index contributed by atoms with van der Waals surface area (Å²) in [4.78, 5) is 2.14.